The van der Waals surface area contributed by atoms with Crippen molar-refractivity contribution in [3.8, 4) is 11.4 Å². The number of aryl methyl sites for hydroxylation is 2. The van der Waals surface area contributed by atoms with Gasteiger partial charge in [0.05, 0.1) is 18.9 Å². The van der Waals surface area contributed by atoms with Gasteiger partial charge in [0.25, 0.3) is 11.5 Å². The van der Waals surface area contributed by atoms with Crippen LogP contribution in [0.25, 0.3) is 5.69 Å². The molecule has 0 aliphatic carbocycles. The maximum Gasteiger partial charge on any atom is 0.279 e. The lowest BCUT2D eigenvalue weighted by Gasteiger charge is -2.11. The van der Waals surface area contributed by atoms with E-state index in [0.717, 1.165) is 11.1 Å². The molecule has 0 aliphatic heterocycles. The van der Waals surface area contributed by atoms with E-state index < -0.39 is 5.91 Å². The molecule has 132 valence electrons. The number of hydrogen-bond donors (Lipinski definition) is 1. The van der Waals surface area contributed by atoms with Crippen LogP contribution in [0.1, 0.15) is 21.6 Å². The van der Waals surface area contributed by atoms with E-state index in [0.29, 0.717) is 11.4 Å². The van der Waals surface area contributed by atoms with Crippen molar-refractivity contribution in [1.29, 1.82) is 0 Å². The molecule has 0 unspecified atom stereocenters. The fraction of sp³-hybridized carbons (Fsp3) is 0.150. The summed E-state index contributed by atoms with van der Waals surface area (Å²) >= 11 is 0. The van der Waals surface area contributed by atoms with E-state index in [4.69, 9.17) is 4.74 Å². The van der Waals surface area contributed by atoms with Crippen molar-refractivity contribution in [1.82, 2.24) is 9.78 Å². The summed E-state index contributed by atoms with van der Waals surface area (Å²) in [5.74, 6) is -0.325. The predicted molar refractivity (Wildman–Crippen MR) is 100 cm³/mol. The highest BCUT2D eigenvalue weighted by Crippen LogP contribution is 2.17. The number of carbonyl (C=O) groups excluding carboxylic acids is 1. The minimum Gasteiger partial charge on any atom is -0.494 e. The number of nitrogens with one attached hydrogen (secondary N) is 1. The number of carbonyl (C=O) groups is 1. The molecule has 0 radical (unpaired) electrons. The number of benzene rings is 2. The summed E-state index contributed by atoms with van der Waals surface area (Å²) in [7, 11) is 1.40. The Kier molecular flexibility index (Phi) is 4.84. The number of amides is 1. The molecule has 0 saturated carbocycles. The van der Waals surface area contributed by atoms with Crippen LogP contribution in [-0.4, -0.2) is 22.8 Å². The minimum atomic E-state index is -0.452. The smallest absolute Gasteiger partial charge is 0.279 e. The van der Waals surface area contributed by atoms with Crippen molar-refractivity contribution in [2.24, 2.45) is 0 Å². The molecule has 0 aliphatic rings. The Hall–Kier alpha value is -3.41. The Morgan fingerprint density at radius 2 is 1.58 bits per heavy atom. The summed E-state index contributed by atoms with van der Waals surface area (Å²) in [5.41, 5.74) is 3.02. The Morgan fingerprint density at radius 3 is 2.15 bits per heavy atom. The van der Waals surface area contributed by atoms with Gasteiger partial charge in [0, 0.05) is 5.69 Å². The third-order valence-electron chi connectivity index (χ3n) is 3.92. The van der Waals surface area contributed by atoms with E-state index in [1.165, 1.54) is 17.9 Å². The van der Waals surface area contributed by atoms with Crippen molar-refractivity contribution < 1.29 is 9.53 Å². The quantitative estimate of drug-likeness (QED) is 0.785. The van der Waals surface area contributed by atoms with Crippen molar-refractivity contribution in [3.05, 3.63) is 81.8 Å². The van der Waals surface area contributed by atoms with Crippen LogP contribution >= 0.6 is 0 Å². The molecule has 1 heterocycles. The molecule has 1 amide bonds. The van der Waals surface area contributed by atoms with Crippen LogP contribution < -0.4 is 15.6 Å². The van der Waals surface area contributed by atoms with Crippen LogP contribution in [0.2, 0.25) is 0 Å². The Balaban J connectivity index is 2.00. The fourth-order valence-electron chi connectivity index (χ4n) is 2.45. The van der Waals surface area contributed by atoms with Gasteiger partial charge in [-0.15, -0.1) is 0 Å². The predicted octanol–water partition coefficient (Wildman–Crippen LogP) is 3.11. The van der Waals surface area contributed by atoms with Crippen LogP contribution in [-0.2, 0) is 0 Å². The second kappa shape index (κ2) is 7.23. The maximum absolute atomic E-state index is 12.7. The molecule has 1 N–H and O–H groups in total. The lowest BCUT2D eigenvalue weighted by molar-refractivity contribution is 0.101. The molecule has 0 saturated heterocycles. The van der Waals surface area contributed by atoms with Crippen LogP contribution in [0.3, 0.4) is 0 Å². The van der Waals surface area contributed by atoms with Crippen LogP contribution in [0.15, 0.2) is 59.4 Å². The monoisotopic (exact) mass is 349 g/mol. The number of nitrogens with zero attached hydrogens (tertiary/aromatic N) is 2. The average Bonchev–Trinajstić information content (AvgIpc) is 2.64. The van der Waals surface area contributed by atoms with Crippen LogP contribution in [0.5, 0.6) is 5.75 Å². The number of hydrogen-bond acceptors (Lipinski definition) is 4. The van der Waals surface area contributed by atoms with Gasteiger partial charge in [-0.05, 0) is 38.1 Å². The molecule has 6 heteroatoms. The molecule has 2 aromatic carbocycles. The maximum atomic E-state index is 12.7. The summed E-state index contributed by atoms with van der Waals surface area (Å²) in [6.07, 6.45) is 0. The minimum absolute atomic E-state index is 0.0354. The molecule has 3 aromatic rings. The van der Waals surface area contributed by atoms with Gasteiger partial charge in [0.2, 0.25) is 0 Å². The molecule has 0 bridgehead atoms. The first kappa shape index (κ1) is 17.4. The van der Waals surface area contributed by atoms with Gasteiger partial charge in [-0.1, -0.05) is 35.4 Å². The second-order valence-corrected chi connectivity index (χ2v) is 5.97. The number of aromatic nitrogens is 2. The van der Waals surface area contributed by atoms with Gasteiger partial charge in [-0.25, -0.2) is 0 Å². The first-order valence-corrected chi connectivity index (χ1v) is 8.11. The molecule has 0 spiro atoms. The molecule has 1 aromatic heterocycles. The highest BCUT2D eigenvalue weighted by Gasteiger charge is 2.18. The molecular formula is C20H19N3O3. The largest absolute Gasteiger partial charge is 0.494 e. The number of rotatable bonds is 4. The summed E-state index contributed by atoms with van der Waals surface area (Å²) in [4.78, 5) is 25.0. The van der Waals surface area contributed by atoms with E-state index in [1.54, 1.807) is 24.3 Å². The summed E-state index contributed by atoms with van der Waals surface area (Å²) in [5, 5.41) is 6.99. The zero-order chi connectivity index (χ0) is 18.7. The molecule has 26 heavy (non-hydrogen) atoms. The van der Waals surface area contributed by atoms with E-state index in [1.807, 2.05) is 38.1 Å². The average molecular weight is 349 g/mol. The molecule has 6 nitrogen and oxygen atoms in total. The third kappa shape index (κ3) is 3.64. The highest BCUT2D eigenvalue weighted by molar-refractivity contribution is 6.04. The molecule has 0 atom stereocenters. The van der Waals surface area contributed by atoms with Gasteiger partial charge in [-0.3, -0.25) is 9.59 Å². The third-order valence-corrected chi connectivity index (χ3v) is 3.92. The zero-order valence-corrected chi connectivity index (χ0v) is 14.8. The van der Waals surface area contributed by atoms with Gasteiger partial charge in [0.1, 0.15) is 0 Å². The van der Waals surface area contributed by atoms with Gasteiger partial charge < -0.3 is 10.1 Å². The van der Waals surface area contributed by atoms with E-state index in [9.17, 15) is 9.59 Å². The lowest BCUT2D eigenvalue weighted by Crippen LogP contribution is -2.26. The molecule has 0 fully saturated rings. The summed E-state index contributed by atoms with van der Waals surface area (Å²) in [6, 6.07) is 16.0. The van der Waals surface area contributed by atoms with Crippen LogP contribution in [0.4, 0.5) is 5.69 Å². The lowest BCUT2D eigenvalue weighted by atomic mass is 10.2. The van der Waals surface area contributed by atoms with E-state index in [-0.39, 0.29) is 17.0 Å². The highest BCUT2D eigenvalue weighted by atomic mass is 16.5. The van der Waals surface area contributed by atoms with E-state index >= 15 is 0 Å². The Bertz CT molecular complexity index is 990. The topological polar surface area (TPSA) is 73.2 Å². The summed E-state index contributed by atoms with van der Waals surface area (Å²) in [6.45, 7) is 3.92. The Labute approximate surface area is 151 Å². The second-order valence-electron chi connectivity index (χ2n) is 5.97. The number of methoxy groups -OCH3 is 1. The SMILES string of the molecule is COc1cc(=O)n(-c2ccc(C)cc2)nc1C(=O)Nc1ccc(C)cc1. The van der Waals surface area contributed by atoms with Crippen molar-refractivity contribution in [2.45, 2.75) is 13.8 Å². The van der Waals surface area contributed by atoms with Crippen molar-refractivity contribution in [2.75, 3.05) is 12.4 Å². The van der Waals surface area contributed by atoms with Crippen molar-refractivity contribution in [3.63, 3.8) is 0 Å². The number of ether oxygens (including phenoxy) is 1. The first-order valence-electron chi connectivity index (χ1n) is 8.11. The summed E-state index contributed by atoms with van der Waals surface area (Å²) < 4.78 is 6.36. The normalized spacial score (nSPS) is 10.4. The van der Waals surface area contributed by atoms with Gasteiger partial charge in [-0.2, -0.15) is 9.78 Å². The van der Waals surface area contributed by atoms with Gasteiger partial charge >= 0.3 is 0 Å². The van der Waals surface area contributed by atoms with Crippen molar-refractivity contribution >= 4 is 11.6 Å². The van der Waals surface area contributed by atoms with Crippen LogP contribution in [0, 0.1) is 13.8 Å². The molecular weight excluding hydrogens is 330 g/mol. The standard InChI is InChI=1S/C20H19N3O3/c1-13-4-8-15(9-5-13)21-20(25)19-17(26-3)12-18(24)23(22-19)16-10-6-14(2)7-11-16/h4-12H,1-3H3,(H,21,25). The zero-order valence-electron chi connectivity index (χ0n) is 14.8. The number of anilines is 1. The van der Waals surface area contributed by atoms with Gasteiger partial charge in [0.15, 0.2) is 11.4 Å². The Morgan fingerprint density at radius 1 is 1.00 bits per heavy atom. The first-order chi connectivity index (χ1) is 12.5. The van der Waals surface area contributed by atoms with E-state index in [2.05, 4.69) is 10.4 Å². The fourth-order valence-corrected chi connectivity index (χ4v) is 2.45. The molecule has 3 rings (SSSR count).